The van der Waals surface area contributed by atoms with Crippen molar-refractivity contribution in [2.24, 2.45) is 0 Å². The largest absolute Gasteiger partial charge is 0.506 e. The summed E-state index contributed by atoms with van der Waals surface area (Å²) in [5.74, 6) is -0.106. The molecule has 0 heterocycles. The maximum absolute atomic E-state index is 9.34. The number of aliphatic hydroxyl groups is 1. The first-order valence-electron chi connectivity index (χ1n) is 3.38. The molecule has 0 saturated carbocycles. The van der Waals surface area contributed by atoms with Gasteiger partial charge in [0, 0.05) is 5.56 Å². The molecule has 3 N–H and O–H groups in total. The molecule has 0 aliphatic heterocycles. The highest BCUT2D eigenvalue weighted by molar-refractivity contribution is 9.10. The molecule has 0 bridgehead atoms. The molecule has 3 nitrogen and oxygen atoms in total. The summed E-state index contributed by atoms with van der Waals surface area (Å²) in [7, 11) is 0. The molecule has 0 atom stereocenters. The van der Waals surface area contributed by atoms with E-state index in [4.69, 9.17) is 5.11 Å². The number of aryl methyl sites for hydroxylation is 1. The fourth-order valence-electron chi connectivity index (χ4n) is 0.945. The van der Waals surface area contributed by atoms with Gasteiger partial charge < -0.3 is 15.3 Å². The van der Waals surface area contributed by atoms with Crippen molar-refractivity contribution in [3.63, 3.8) is 0 Å². The van der Waals surface area contributed by atoms with E-state index in [-0.39, 0.29) is 22.6 Å². The molecule has 4 heteroatoms. The van der Waals surface area contributed by atoms with Crippen LogP contribution >= 0.6 is 15.9 Å². The number of halogens is 1. The van der Waals surface area contributed by atoms with Crippen molar-refractivity contribution in [2.45, 2.75) is 13.5 Å². The fraction of sp³-hybridized carbons (Fsp3) is 0.250. The molecule has 0 aliphatic rings. The first-order valence-corrected chi connectivity index (χ1v) is 4.18. The van der Waals surface area contributed by atoms with Crippen molar-refractivity contribution < 1.29 is 15.3 Å². The zero-order chi connectivity index (χ0) is 9.30. The van der Waals surface area contributed by atoms with Gasteiger partial charge in [0.25, 0.3) is 0 Å². The highest BCUT2D eigenvalue weighted by Gasteiger charge is 2.11. The third-order valence-electron chi connectivity index (χ3n) is 1.65. The van der Waals surface area contributed by atoms with Crippen LogP contribution in [0.3, 0.4) is 0 Å². The van der Waals surface area contributed by atoms with Gasteiger partial charge in [-0.3, -0.25) is 0 Å². The Morgan fingerprint density at radius 2 is 1.92 bits per heavy atom. The summed E-state index contributed by atoms with van der Waals surface area (Å²) in [6, 6.07) is 1.54. The number of aromatic hydroxyl groups is 2. The van der Waals surface area contributed by atoms with Crippen molar-refractivity contribution in [1.29, 1.82) is 0 Å². The van der Waals surface area contributed by atoms with Crippen LogP contribution in [0.5, 0.6) is 11.5 Å². The van der Waals surface area contributed by atoms with Crippen molar-refractivity contribution in [1.82, 2.24) is 0 Å². The number of phenolic OH excluding ortho intramolecular Hbond substituents is 1. The van der Waals surface area contributed by atoms with E-state index in [9.17, 15) is 10.2 Å². The topological polar surface area (TPSA) is 60.7 Å². The first kappa shape index (κ1) is 9.35. The Bertz CT molecular complexity index is 310. The molecule has 0 amide bonds. The van der Waals surface area contributed by atoms with E-state index in [1.165, 1.54) is 6.07 Å². The quantitative estimate of drug-likeness (QED) is 0.691. The molecular formula is C8H9BrO3. The van der Waals surface area contributed by atoms with E-state index < -0.39 is 0 Å². The lowest BCUT2D eigenvalue weighted by Gasteiger charge is -2.07. The smallest absolute Gasteiger partial charge is 0.139 e. The van der Waals surface area contributed by atoms with Crippen LogP contribution in [-0.4, -0.2) is 15.3 Å². The normalized spacial score (nSPS) is 10.2. The second-order valence-corrected chi connectivity index (χ2v) is 3.31. The average Bonchev–Trinajstić information content (AvgIpc) is 2.08. The monoisotopic (exact) mass is 232 g/mol. The molecule has 66 valence electrons. The number of phenols is 2. The van der Waals surface area contributed by atoms with Crippen molar-refractivity contribution >= 4 is 15.9 Å². The summed E-state index contributed by atoms with van der Waals surface area (Å²) < 4.78 is 0.228. The van der Waals surface area contributed by atoms with Crippen LogP contribution in [-0.2, 0) is 6.61 Å². The lowest BCUT2D eigenvalue weighted by atomic mass is 10.1. The number of rotatable bonds is 1. The van der Waals surface area contributed by atoms with Crippen molar-refractivity contribution in [3.05, 3.63) is 21.7 Å². The van der Waals surface area contributed by atoms with Gasteiger partial charge in [0.2, 0.25) is 0 Å². The average molecular weight is 233 g/mol. The molecule has 0 aliphatic carbocycles. The third-order valence-corrected chi connectivity index (χ3v) is 2.41. The minimum absolute atomic E-state index is 0.00435. The fourth-order valence-corrected chi connectivity index (χ4v) is 1.51. The summed E-state index contributed by atoms with van der Waals surface area (Å²) in [5.41, 5.74) is 1.01. The molecule has 1 aromatic carbocycles. The predicted octanol–water partition coefficient (Wildman–Crippen LogP) is 1.66. The molecule has 0 saturated heterocycles. The van der Waals surface area contributed by atoms with Crippen LogP contribution in [0.1, 0.15) is 11.1 Å². The summed E-state index contributed by atoms with van der Waals surface area (Å²) in [5, 5.41) is 27.5. The Morgan fingerprint density at radius 1 is 1.33 bits per heavy atom. The van der Waals surface area contributed by atoms with E-state index in [1.54, 1.807) is 6.92 Å². The summed E-state index contributed by atoms with van der Waals surface area (Å²) in [4.78, 5) is 0. The van der Waals surface area contributed by atoms with Gasteiger partial charge in [-0.25, -0.2) is 0 Å². The number of hydrogen-bond acceptors (Lipinski definition) is 3. The van der Waals surface area contributed by atoms with E-state index in [1.807, 2.05) is 0 Å². The number of hydrogen-bond donors (Lipinski definition) is 3. The Morgan fingerprint density at radius 3 is 2.42 bits per heavy atom. The van der Waals surface area contributed by atoms with Crippen LogP contribution in [0.15, 0.2) is 10.5 Å². The van der Waals surface area contributed by atoms with Gasteiger partial charge in [-0.2, -0.15) is 0 Å². The first-order chi connectivity index (χ1) is 5.57. The molecule has 0 aromatic heterocycles. The zero-order valence-corrected chi connectivity index (χ0v) is 8.09. The standard InChI is InChI=1S/C8H9BrO3/c1-4-2-5(3-10)8(12)6(9)7(4)11/h2,10-12H,3H2,1H3. The third kappa shape index (κ3) is 1.40. The van der Waals surface area contributed by atoms with Gasteiger partial charge in [0.1, 0.15) is 16.0 Å². The molecule has 0 unspecified atom stereocenters. The Balaban J connectivity index is 3.39. The molecule has 1 aromatic rings. The van der Waals surface area contributed by atoms with Gasteiger partial charge in [-0.05, 0) is 34.5 Å². The highest BCUT2D eigenvalue weighted by atomic mass is 79.9. The van der Waals surface area contributed by atoms with Crippen molar-refractivity contribution in [3.8, 4) is 11.5 Å². The maximum atomic E-state index is 9.34. The molecule has 0 radical (unpaired) electrons. The highest BCUT2D eigenvalue weighted by Crippen LogP contribution is 2.38. The Hall–Kier alpha value is -0.740. The Labute approximate surface area is 78.4 Å². The van der Waals surface area contributed by atoms with Gasteiger partial charge >= 0.3 is 0 Å². The molecular weight excluding hydrogens is 224 g/mol. The predicted molar refractivity (Wildman–Crippen MR) is 48.1 cm³/mol. The Kier molecular flexibility index (Phi) is 2.59. The van der Waals surface area contributed by atoms with E-state index in [0.717, 1.165) is 0 Å². The van der Waals surface area contributed by atoms with E-state index in [0.29, 0.717) is 11.1 Å². The van der Waals surface area contributed by atoms with Gasteiger partial charge in [-0.1, -0.05) is 0 Å². The van der Waals surface area contributed by atoms with Crippen LogP contribution in [0.2, 0.25) is 0 Å². The molecule has 0 spiro atoms. The maximum Gasteiger partial charge on any atom is 0.139 e. The van der Waals surface area contributed by atoms with Gasteiger partial charge in [-0.15, -0.1) is 0 Å². The van der Waals surface area contributed by atoms with Crippen molar-refractivity contribution in [2.75, 3.05) is 0 Å². The number of aliphatic hydroxyl groups excluding tert-OH is 1. The van der Waals surface area contributed by atoms with E-state index in [2.05, 4.69) is 15.9 Å². The minimum atomic E-state index is -0.244. The van der Waals surface area contributed by atoms with Crippen LogP contribution in [0.25, 0.3) is 0 Å². The van der Waals surface area contributed by atoms with Crippen LogP contribution in [0.4, 0.5) is 0 Å². The SMILES string of the molecule is Cc1cc(CO)c(O)c(Br)c1O. The lowest BCUT2D eigenvalue weighted by Crippen LogP contribution is -1.88. The summed E-state index contributed by atoms with van der Waals surface area (Å²) >= 11 is 3.01. The molecule has 0 fully saturated rings. The minimum Gasteiger partial charge on any atom is -0.506 e. The number of benzene rings is 1. The molecule has 1 rings (SSSR count). The second-order valence-electron chi connectivity index (χ2n) is 2.52. The van der Waals surface area contributed by atoms with E-state index >= 15 is 0 Å². The molecule has 12 heavy (non-hydrogen) atoms. The van der Waals surface area contributed by atoms with Gasteiger partial charge in [0.05, 0.1) is 6.61 Å². The van der Waals surface area contributed by atoms with Crippen LogP contribution < -0.4 is 0 Å². The second kappa shape index (κ2) is 3.33. The van der Waals surface area contributed by atoms with Gasteiger partial charge in [0.15, 0.2) is 0 Å². The van der Waals surface area contributed by atoms with Crippen LogP contribution in [0, 0.1) is 6.92 Å². The summed E-state index contributed by atoms with van der Waals surface area (Å²) in [6.07, 6.45) is 0. The summed E-state index contributed by atoms with van der Waals surface area (Å²) in [6.45, 7) is 1.45. The lowest BCUT2D eigenvalue weighted by molar-refractivity contribution is 0.274. The zero-order valence-electron chi connectivity index (χ0n) is 6.50.